The Kier molecular flexibility index (Phi) is 5.50. The summed E-state index contributed by atoms with van der Waals surface area (Å²) in [5, 5.41) is 3.81. The van der Waals surface area contributed by atoms with E-state index in [2.05, 4.69) is 19.2 Å². The van der Waals surface area contributed by atoms with Crippen LogP contribution in [0.3, 0.4) is 0 Å². The Balaban J connectivity index is 1.54. The Morgan fingerprint density at radius 2 is 1.89 bits per heavy atom. The third-order valence-electron chi connectivity index (χ3n) is 4.93. The SMILES string of the molecule is CC(C)OCCCCNC1CCC12CCCCC2. The van der Waals surface area contributed by atoms with Crippen molar-refractivity contribution in [2.75, 3.05) is 13.2 Å². The fourth-order valence-corrected chi connectivity index (χ4v) is 3.69. The van der Waals surface area contributed by atoms with Crippen molar-refractivity contribution in [1.82, 2.24) is 5.32 Å². The molecule has 1 atom stereocenters. The summed E-state index contributed by atoms with van der Waals surface area (Å²) in [7, 11) is 0. The van der Waals surface area contributed by atoms with Gasteiger partial charge in [-0.25, -0.2) is 0 Å². The van der Waals surface area contributed by atoms with Crippen molar-refractivity contribution < 1.29 is 4.74 Å². The van der Waals surface area contributed by atoms with Gasteiger partial charge in [0.15, 0.2) is 0 Å². The first-order chi connectivity index (χ1) is 8.73. The Morgan fingerprint density at radius 3 is 2.50 bits per heavy atom. The molecule has 1 spiro atoms. The van der Waals surface area contributed by atoms with Crippen LogP contribution in [0.2, 0.25) is 0 Å². The summed E-state index contributed by atoms with van der Waals surface area (Å²) in [4.78, 5) is 0. The molecule has 2 aliphatic carbocycles. The van der Waals surface area contributed by atoms with E-state index in [-0.39, 0.29) is 0 Å². The molecule has 2 saturated carbocycles. The molecule has 0 saturated heterocycles. The van der Waals surface area contributed by atoms with Crippen LogP contribution < -0.4 is 5.32 Å². The second-order valence-electron chi connectivity index (χ2n) is 6.60. The van der Waals surface area contributed by atoms with Crippen molar-refractivity contribution in [3.63, 3.8) is 0 Å². The first-order valence-corrected chi connectivity index (χ1v) is 8.08. The summed E-state index contributed by atoms with van der Waals surface area (Å²) in [5.41, 5.74) is 0.715. The fourth-order valence-electron chi connectivity index (χ4n) is 3.69. The molecule has 2 aliphatic rings. The van der Waals surface area contributed by atoms with Crippen molar-refractivity contribution in [2.45, 2.75) is 83.8 Å². The van der Waals surface area contributed by atoms with Crippen LogP contribution in [0.25, 0.3) is 0 Å². The van der Waals surface area contributed by atoms with Crippen LogP contribution in [0.5, 0.6) is 0 Å². The molecule has 18 heavy (non-hydrogen) atoms. The topological polar surface area (TPSA) is 21.3 Å². The smallest absolute Gasteiger partial charge is 0.0518 e. The molecule has 0 bridgehead atoms. The zero-order chi connectivity index (χ0) is 12.8. The van der Waals surface area contributed by atoms with Gasteiger partial charge in [-0.15, -0.1) is 0 Å². The Morgan fingerprint density at radius 1 is 1.11 bits per heavy atom. The number of nitrogens with one attached hydrogen (secondary N) is 1. The van der Waals surface area contributed by atoms with E-state index in [9.17, 15) is 0 Å². The van der Waals surface area contributed by atoms with Crippen molar-refractivity contribution >= 4 is 0 Å². The van der Waals surface area contributed by atoms with Gasteiger partial charge >= 0.3 is 0 Å². The van der Waals surface area contributed by atoms with Gasteiger partial charge in [0.05, 0.1) is 6.10 Å². The molecule has 0 aromatic rings. The minimum Gasteiger partial charge on any atom is -0.379 e. The predicted octanol–water partition coefficient (Wildman–Crippen LogP) is 3.89. The fraction of sp³-hybridized carbons (Fsp3) is 1.00. The van der Waals surface area contributed by atoms with Gasteiger partial charge in [-0.3, -0.25) is 0 Å². The lowest BCUT2D eigenvalue weighted by Gasteiger charge is -2.52. The zero-order valence-electron chi connectivity index (χ0n) is 12.3. The quantitative estimate of drug-likeness (QED) is 0.695. The average Bonchev–Trinajstić information content (AvgIpc) is 2.37. The number of hydrogen-bond acceptors (Lipinski definition) is 2. The monoisotopic (exact) mass is 253 g/mol. The molecule has 2 rings (SSSR count). The van der Waals surface area contributed by atoms with Crippen LogP contribution in [-0.4, -0.2) is 25.3 Å². The van der Waals surface area contributed by atoms with Gasteiger partial charge in [-0.1, -0.05) is 19.3 Å². The molecule has 0 amide bonds. The number of hydrogen-bond donors (Lipinski definition) is 1. The van der Waals surface area contributed by atoms with E-state index < -0.39 is 0 Å². The standard InChI is InChI=1S/C16H31NO/c1-14(2)18-13-7-6-12-17-15-8-11-16(15)9-4-3-5-10-16/h14-15,17H,3-13H2,1-2H3. The third kappa shape index (κ3) is 3.71. The second kappa shape index (κ2) is 6.91. The van der Waals surface area contributed by atoms with Crippen LogP contribution >= 0.6 is 0 Å². The highest BCUT2D eigenvalue weighted by Gasteiger charge is 2.46. The van der Waals surface area contributed by atoms with Gasteiger partial charge < -0.3 is 10.1 Å². The zero-order valence-corrected chi connectivity index (χ0v) is 12.3. The van der Waals surface area contributed by atoms with E-state index in [0.717, 1.165) is 12.6 Å². The number of rotatable bonds is 7. The van der Waals surface area contributed by atoms with Crippen LogP contribution in [0, 0.1) is 5.41 Å². The highest BCUT2D eigenvalue weighted by Crippen LogP contribution is 2.51. The maximum atomic E-state index is 5.57. The average molecular weight is 253 g/mol. The first kappa shape index (κ1) is 14.3. The molecule has 2 fully saturated rings. The van der Waals surface area contributed by atoms with Crippen molar-refractivity contribution in [1.29, 1.82) is 0 Å². The minimum atomic E-state index is 0.384. The summed E-state index contributed by atoms with van der Waals surface area (Å²) in [5.74, 6) is 0. The van der Waals surface area contributed by atoms with Gasteiger partial charge in [0.25, 0.3) is 0 Å². The van der Waals surface area contributed by atoms with E-state index in [0.29, 0.717) is 11.5 Å². The maximum Gasteiger partial charge on any atom is 0.0518 e. The Bertz CT molecular complexity index is 233. The molecule has 1 N–H and O–H groups in total. The molecular weight excluding hydrogens is 222 g/mol. The maximum absolute atomic E-state index is 5.57. The summed E-state index contributed by atoms with van der Waals surface area (Å²) in [6.45, 7) is 6.34. The van der Waals surface area contributed by atoms with E-state index in [1.165, 1.54) is 64.3 Å². The summed E-state index contributed by atoms with van der Waals surface area (Å²) < 4.78 is 5.57. The van der Waals surface area contributed by atoms with Crippen LogP contribution in [0.15, 0.2) is 0 Å². The Labute approximate surface area is 113 Å². The van der Waals surface area contributed by atoms with E-state index in [1.54, 1.807) is 0 Å². The highest BCUT2D eigenvalue weighted by atomic mass is 16.5. The van der Waals surface area contributed by atoms with E-state index in [1.807, 2.05) is 0 Å². The summed E-state index contributed by atoms with van der Waals surface area (Å²) in [6.07, 6.45) is 13.1. The van der Waals surface area contributed by atoms with Crippen LogP contribution in [0.4, 0.5) is 0 Å². The summed E-state index contributed by atoms with van der Waals surface area (Å²) >= 11 is 0. The molecule has 0 aliphatic heterocycles. The van der Waals surface area contributed by atoms with Crippen molar-refractivity contribution in [3.05, 3.63) is 0 Å². The molecule has 0 heterocycles. The predicted molar refractivity (Wildman–Crippen MR) is 76.9 cm³/mol. The largest absolute Gasteiger partial charge is 0.379 e. The van der Waals surface area contributed by atoms with Crippen molar-refractivity contribution in [3.8, 4) is 0 Å². The summed E-state index contributed by atoms with van der Waals surface area (Å²) in [6, 6.07) is 0.837. The van der Waals surface area contributed by atoms with E-state index >= 15 is 0 Å². The number of ether oxygens (including phenoxy) is 1. The lowest BCUT2D eigenvalue weighted by Crippen LogP contribution is -2.54. The molecule has 0 radical (unpaired) electrons. The van der Waals surface area contributed by atoms with Gasteiger partial charge in [0.2, 0.25) is 0 Å². The molecule has 2 heteroatoms. The van der Waals surface area contributed by atoms with Gasteiger partial charge in [-0.2, -0.15) is 0 Å². The molecular formula is C16H31NO. The molecule has 2 nitrogen and oxygen atoms in total. The van der Waals surface area contributed by atoms with Crippen molar-refractivity contribution in [2.24, 2.45) is 5.41 Å². The second-order valence-corrected chi connectivity index (χ2v) is 6.60. The minimum absolute atomic E-state index is 0.384. The Hall–Kier alpha value is -0.0800. The molecule has 0 aromatic heterocycles. The molecule has 106 valence electrons. The van der Waals surface area contributed by atoms with Gasteiger partial charge in [0.1, 0.15) is 0 Å². The third-order valence-corrected chi connectivity index (χ3v) is 4.93. The van der Waals surface area contributed by atoms with Gasteiger partial charge in [-0.05, 0) is 64.3 Å². The van der Waals surface area contributed by atoms with Gasteiger partial charge in [0, 0.05) is 12.6 Å². The molecule has 0 aromatic carbocycles. The van der Waals surface area contributed by atoms with Crippen LogP contribution in [0.1, 0.15) is 71.6 Å². The first-order valence-electron chi connectivity index (χ1n) is 8.08. The van der Waals surface area contributed by atoms with E-state index in [4.69, 9.17) is 4.74 Å². The lowest BCUT2D eigenvalue weighted by atomic mass is 9.57. The number of unbranched alkanes of at least 4 members (excludes halogenated alkanes) is 1. The molecule has 1 unspecified atom stereocenters. The lowest BCUT2D eigenvalue weighted by molar-refractivity contribution is 0.0223. The van der Waals surface area contributed by atoms with Crippen LogP contribution in [-0.2, 0) is 4.74 Å². The normalized spacial score (nSPS) is 26.5. The highest BCUT2D eigenvalue weighted by molar-refractivity contribution is 5.01.